The van der Waals surface area contributed by atoms with Crippen molar-refractivity contribution in [1.82, 2.24) is 0 Å². The van der Waals surface area contributed by atoms with E-state index in [1.807, 2.05) is 13.8 Å². The van der Waals surface area contributed by atoms with Crippen molar-refractivity contribution >= 4 is 11.5 Å². The van der Waals surface area contributed by atoms with E-state index in [2.05, 4.69) is 51.2 Å². The van der Waals surface area contributed by atoms with Gasteiger partial charge in [0.15, 0.2) is 5.78 Å². The van der Waals surface area contributed by atoms with Crippen LogP contribution in [0.1, 0.15) is 71.4 Å². The summed E-state index contributed by atoms with van der Waals surface area (Å²) in [6, 6.07) is 6.40. The van der Waals surface area contributed by atoms with Crippen molar-refractivity contribution in [3.8, 4) is 0 Å². The Bertz CT molecular complexity index is 432. The van der Waals surface area contributed by atoms with Crippen LogP contribution >= 0.6 is 0 Å². The molecule has 0 saturated carbocycles. The first-order chi connectivity index (χ1) is 8.66. The fourth-order valence-corrected chi connectivity index (χ4v) is 2.10. The molecule has 0 unspecified atom stereocenters. The van der Waals surface area contributed by atoms with Gasteiger partial charge in [-0.05, 0) is 43.7 Å². The molecule has 0 saturated heterocycles. The molecular formula is C17H27NO. The van der Waals surface area contributed by atoms with Gasteiger partial charge >= 0.3 is 0 Å². The molecule has 0 aliphatic rings. The number of carbonyl (C=O) groups excluding carboxylic acids is 1. The van der Waals surface area contributed by atoms with Crippen LogP contribution in [0.25, 0.3) is 0 Å². The smallest absolute Gasteiger partial charge is 0.154 e. The average Bonchev–Trinajstić information content (AvgIpc) is 2.27. The number of hydrogen-bond donors (Lipinski definition) is 1. The first kappa shape index (κ1) is 15.7. The van der Waals surface area contributed by atoms with Crippen LogP contribution in [0.2, 0.25) is 0 Å². The lowest BCUT2D eigenvalue weighted by atomic mass is 9.90. The third-order valence-electron chi connectivity index (χ3n) is 3.69. The summed E-state index contributed by atoms with van der Waals surface area (Å²) < 4.78 is 0. The van der Waals surface area contributed by atoms with E-state index in [9.17, 15) is 4.79 Å². The lowest BCUT2D eigenvalue weighted by molar-refractivity contribution is -0.120. The maximum absolute atomic E-state index is 11.8. The van der Waals surface area contributed by atoms with Gasteiger partial charge in [0.1, 0.15) is 0 Å². The molecule has 0 aliphatic heterocycles. The lowest BCUT2D eigenvalue weighted by Crippen LogP contribution is -2.39. The molecule has 0 spiro atoms. The topological polar surface area (TPSA) is 29.1 Å². The minimum absolute atomic E-state index is 0.153. The van der Waals surface area contributed by atoms with E-state index in [1.54, 1.807) is 6.92 Å². The van der Waals surface area contributed by atoms with Gasteiger partial charge in [-0.3, -0.25) is 4.79 Å². The number of para-hydroxylation sites is 1. The number of nitrogens with one attached hydrogen (secondary N) is 1. The molecule has 0 bridgehead atoms. The van der Waals surface area contributed by atoms with E-state index in [0.717, 1.165) is 5.69 Å². The van der Waals surface area contributed by atoms with Gasteiger partial charge in [0.05, 0.1) is 5.54 Å². The summed E-state index contributed by atoms with van der Waals surface area (Å²) in [6.45, 7) is 14.3. The minimum Gasteiger partial charge on any atom is -0.373 e. The van der Waals surface area contributed by atoms with Crippen molar-refractivity contribution in [3.63, 3.8) is 0 Å². The van der Waals surface area contributed by atoms with Crippen molar-refractivity contribution in [2.24, 2.45) is 0 Å². The molecule has 2 nitrogen and oxygen atoms in total. The third-order valence-corrected chi connectivity index (χ3v) is 3.69. The Hall–Kier alpha value is -1.31. The van der Waals surface area contributed by atoms with Crippen LogP contribution < -0.4 is 5.32 Å². The standard InChI is InChI=1S/C17H27NO/c1-11(2)14-9-8-10-15(12(3)4)16(14)18-17(6,7)13(5)19/h8-12,18H,1-7H3. The van der Waals surface area contributed by atoms with Gasteiger partial charge in [-0.15, -0.1) is 0 Å². The first-order valence-electron chi connectivity index (χ1n) is 7.08. The van der Waals surface area contributed by atoms with Crippen LogP contribution in [0.4, 0.5) is 5.69 Å². The van der Waals surface area contributed by atoms with Gasteiger partial charge in [0.2, 0.25) is 0 Å². The number of ketones is 1. The number of anilines is 1. The highest BCUT2D eigenvalue weighted by Gasteiger charge is 2.26. The zero-order valence-electron chi connectivity index (χ0n) is 13.3. The Morgan fingerprint density at radius 2 is 1.47 bits per heavy atom. The molecule has 0 aromatic heterocycles. The van der Waals surface area contributed by atoms with Gasteiger partial charge in [-0.2, -0.15) is 0 Å². The van der Waals surface area contributed by atoms with Crippen LogP contribution in [0.5, 0.6) is 0 Å². The molecule has 1 aromatic rings. The van der Waals surface area contributed by atoms with Gasteiger partial charge in [-0.1, -0.05) is 45.9 Å². The highest BCUT2D eigenvalue weighted by molar-refractivity contribution is 5.88. The molecule has 0 radical (unpaired) electrons. The summed E-state index contributed by atoms with van der Waals surface area (Å²) in [5.41, 5.74) is 3.16. The lowest BCUT2D eigenvalue weighted by Gasteiger charge is -2.29. The predicted molar refractivity (Wildman–Crippen MR) is 83.0 cm³/mol. The molecule has 2 heteroatoms. The molecule has 0 amide bonds. The minimum atomic E-state index is -0.533. The fraction of sp³-hybridized carbons (Fsp3) is 0.588. The highest BCUT2D eigenvalue weighted by Crippen LogP contribution is 2.34. The second-order valence-electron chi connectivity index (χ2n) is 6.43. The second kappa shape index (κ2) is 5.77. The molecular weight excluding hydrogens is 234 g/mol. The monoisotopic (exact) mass is 261 g/mol. The Labute approximate surface area is 117 Å². The summed E-state index contributed by atoms with van der Waals surface area (Å²) >= 11 is 0. The van der Waals surface area contributed by atoms with Gasteiger partial charge in [-0.25, -0.2) is 0 Å². The van der Waals surface area contributed by atoms with Gasteiger partial charge < -0.3 is 5.32 Å². The number of Topliss-reactive ketones (excluding diaryl/α,β-unsaturated/α-hetero) is 1. The summed E-state index contributed by atoms with van der Waals surface area (Å²) in [5.74, 6) is 1.02. The summed E-state index contributed by atoms with van der Waals surface area (Å²) in [5, 5.41) is 3.47. The molecule has 1 aromatic carbocycles. The Morgan fingerprint density at radius 3 is 1.79 bits per heavy atom. The van der Waals surface area contributed by atoms with Crippen LogP contribution in [0, 0.1) is 0 Å². The maximum Gasteiger partial charge on any atom is 0.154 e. The van der Waals surface area contributed by atoms with E-state index in [1.165, 1.54) is 11.1 Å². The largest absolute Gasteiger partial charge is 0.373 e. The molecule has 1 N–H and O–H groups in total. The molecule has 0 aliphatic carbocycles. The van der Waals surface area contributed by atoms with Crippen molar-refractivity contribution in [3.05, 3.63) is 29.3 Å². The van der Waals surface area contributed by atoms with Crippen LogP contribution in [-0.2, 0) is 4.79 Å². The SMILES string of the molecule is CC(=O)C(C)(C)Nc1c(C(C)C)cccc1C(C)C. The zero-order chi connectivity index (χ0) is 14.8. The maximum atomic E-state index is 11.8. The molecule has 106 valence electrons. The fourth-order valence-electron chi connectivity index (χ4n) is 2.10. The van der Waals surface area contributed by atoms with Crippen molar-refractivity contribution in [2.45, 2.75) is 65.8 Å². The number of carbonyl (C=O) groups is 1. The van der Waals surface area contributed by atoms with Crippen LogP contribution in [-0.4, -0.2) is 11.3 Å². The zero-order valence-corrected chi connectivity index (χ0v) is 13.3. The molecule has 19 heavy (non-hydrogen) atoms. The van der Waals surface area contributed by atoms with Crippen LogP contribution in [0.3, 0.4) is 0 Å². The number of benzene rings is 1. The number of hydrogen-bond acceptors (Lipinski definition) is 2. The van der Waals surface area contributed by atoms with E-state index in [-0.39, 0.29) is 5.78 Å². The highest BCUT2D eigenvalue weighted by atomic mass is 16.1. The molecule has 0 heterocycles. The van der Waals surface area contributed by atoms with Crippen molar-refractivity contribution < 1.29 is 4.79 Å². The van der Waals surface area contributed by atoms with E-state index < -0.39 is 5.54 Å². The molecule has 0 fully saturated rings. The average molecular weight is 261 g/mol. The number of rotatable bonds is 5. The van der Waals surface area contributed by atoms with Crippen LogP contribution in [0.15, 0.2) is 18.2 Å². The molecule has 0 atom stereocenters. The summed E-state index contributed by atoms with van der Waals surface area (Å²) in [7, 11) is 0. The van der Waals surface area contributed by atoms with E-state index in [0.29, 0.717) is 11.8 Å². The van der Waals surface area contributed by atoms with E-state index in [4.69, 9.17) is 0 Å². The predicted octanol–water partition coefficient (Wildman–Crippen LogP) is 4.71. The normalized spacial score (nSPS) is 12.1. The van der Waals surface area contributed by atoms with Crippen molar-refractivity contribution in [1.29, 1.82) is 0 Å². The van der Waals surface area contributed by atoms with E-state index >= 15 is 0 Å². The second-order valence-corrected chi connectivity index (χ2v) is 6.43. The van der Waals surface area contributed by atoms with Crippen molar-refractivity contribution in [2.75, 3.05) is 5.32 Å². The van der Waals surface area contributed by atoms with Gasteiger partial charge in [0, 0.05) is 5.69 Å². The Kier molecular flexibility index (Phi) is 4.78. The first-order valence-corrected chi connectivity index (χ1v) is 7.08. The third kappa shape index (κ3) is 3.59. The summed E-state index contributed by atoms with van der Waals surface area (Å²) in [4.78, 5) is 11.8. The quantitative estimate of drug-likeness (QED) is 0.831. The molecule has 1 rings (SSSR count). The Morgan fingerprint density at radius 1 is 1.05 bits per heavy atom. The summed E-state index contributed by atoms with van der Waals surface area (Å²) in [6.07, 6.45) is 0. The van der Waals surface area contributed by atoms with Gasteiger partial charge in [0.25, 0.3) is 0 Å². The Balaban J connectivity index is 3.33.